The van der Waals surface area contributed by atoms with Crippen molar-refractivity contribution in [2.75, 3.05) is 15.5 Å². The second-order valence-electron chi connectivity index (χ2n) is 9.20. The fraction of sp³-hybridized carbons (Fsp3) is 0. The maximum absolute atomic E-state index is 13.3. The van der Waals surface area contributed by atoms with Gasteiger partial charge in [0.25, 0.3) is 17.7 Å². The number of amides is 3. The number of aromatic nitrogens is 1. The van der Waals surface area contributed by atoms with Gasteiger partial charge in [-0.05, 0) is 54.1 Å². The Morgan fingerprint density at radius 3 is 2.05 bits per heavy atom. The van der Waals surface area contributed by atoms with E-state index in [4.69, 9.17) is 16.6 Å². The number of hydrogen-bond acceptors (Lipinski definition) is 6. The zero-order chi connectivity index (χ0) is 29.2. The summed E-state index contributed by atoms with van der Waals surface area (Å²) < 4.78 is 13.3. The molecule has 0 radical (unpaired) electrons. The van der Waals surface area contributed by atoms with Gasteiger partial charge in [0.05, 0.1) is 16.3 Å². The standard InChI is InChI=1S/C32H20ClFN4O3S/c33-25-27(31(41)38(30(25)40)24-17-13-22(34)14-18-24)35-23-15-11-21(12-16-23)29(39)37-32-36-26(19-7-3-1-4-8-19)28(42-32)20-9-5-2-6-10-20/h1-18,35H,(H,36,37,39). The van der Waals surface area contributed by atoms with E-state index in [9.17, 15) is 18.8 Å². The van der Waals surface area contributed by atoms with Gasteiger partial charge in [0.15, 0.2) is 5.13 Å². The van der Waals surface area contributed by atoms with Crippen LogP contribution in [0.25, 0.3) is 21.7 Å². The maximum Gasteiger partial charge on any atom is 0.283 e. The number of hydrogen-bond donors (Lipinski definition) is 2. The third kappa shape index (κ3) is 5.30. The summed E-state index contributed by atoms with van der Waals surface area (Å²) in [6.07, 6.45) is 0. The fourth-order valence-electron chi connectivity index (χ4n) is 4.41. The Labute approximate surface area is 248 Å². The summed E-state index contributed by atoms with van der Waals surface area (Å²) in [7, 11) is 0. The van der Waals surface area contributed by atoms with Gasteiger partial charge in [0.1, 0.15) is 16.5 Å². The molecule has 1 aliphatic rings. The molecule has 5 aromatic rings. The number of nitrogens with zero attached hydrogens (tertiary/aromatic N) is 2. The minimum absolute atomic E-state index is 0.118. The van der Waals surface area contributed by atoms with Crippen LogP contribution >= 0.6 is 22.9 Å². The molecule has 2 N–H and O–H groups in total. The number of anilines is 3. The van der Waals surface area contributed by atoms with Crippen molar-refractivity contribution in [2.45, 2.75) is 0 Å². The number of rotatable bonds is 7. The molecule has 0 saturated carbocycles. The van der Waals surface area contributed by atoms with Crippen molar-refractivity contribution in [3.8, 4) is 21.7 Å². The predicted octanol–water partition coefficient (Wildman–Crippen LogP) is 7.30. The van der Waals surface area contributed by atoms with Crippen molar-refractivity contribution in [2.24, 2.45) is 0 Å². The van der Waals surface area contributed by atoms with Crippen molar-refractivity contribution in [3.63, 3.8) is 0 Å². The van der Waals surface area contributed by atoms with Gasteiger partial charge in [0.2, 0.25) is 0 Å². The molecule has 10 heteroatoms. The second kappa shape index (κ2) is 11.4. The van der Waals surface area contributed by atoms with Crippen LogP contribution in [-0.4, -0.2) is 22.7 Å². The van der Waals surface area contributed by atoms with E-state index in [0.717, 1.165) is 38.7 Å². The van der Waals surface area contributed by atoms with Gasteiger partial charge < -0.3 is 5.32 Å². The molecular weight excluding hydrogens is 575 g/mol. The highest BCUT2D eigenvalue weighted by atomic mass is 35.5. The van der Waals surface area contributed by atoms with Crippen LogP contribution in [0.1, 0.15) is 10.4 Å². The van der Waals surface area contributed by atoms with E-state index < -0.39 is 17.6 Å². The molecule has 0 saturated heterocycles. The molecule has 1 aromatic heterocycles. The van der Waals surface area contributed by atoms with Crippen molar-refractivity contribution in [1.82, 2.24) is 4.98 Å². The first-order chi connectivity index (χ1) is 20.4. The molecule has 2 heterocycles. The van der Waals surface area contributed by atoms with Gasteiger partial charge >= 0.3 is 0 Å². The minimum Gasteiger partial charge on any atom is -0.350 e. The largest absolute Gasteiger partial charge is 0.350 e. The van der Waals surface area contributed by atoms with E-state index in [1.165, 1.54) is 23.5 Å². The minimum atomic E-state index is -0.722. The number of benzene rings is 4. The quantitative estimate of drug-likeness (QED) is 0.193. The highest BCUT2D eigenvalue weighted by Crippen LogP contribution is 2.39. The second-order valence-corrected chi connectivity index (χ2v) is 10.6. The lowest BCUT2D eigenvalue weighted by Crippen LogP contribution is -2.32. The first kappa shape index (κ1) is 27.1. The summed E-state index contributed by atoms with van der Waals surface area (Å²) in [5, 5.41) is 5.91. The van der Waals surface area contributed by atoms with Gasteiger partial charge in [-0.2, -0.15) is 0 Å². The lowest BCUT2D eigenvalue weighted by molar-refractivity contribution is -0.120. The normalized spacial score (nSPS) is 13.0. The Kier molecular flexibility index (Phi) is 7.35. The van der Waals surface area contributed by atoms with Crippen LogP contribution < -0.4 is 15.5 Å². The average molecular weight is 595 g/mol. The van der Waals surface area contributed by atoms with E-state index in [2.05, 4.69) is 10.6 Å². The van der Waals surface area contributed by atoms with E-state index in [1.807, 2.05) is 60.7 Å². The third-order valence-corrected chi connectivity index (χ3v) is 7.83. The Balaban J connectivity index is 1.19. The van der Waals surface area contributed by atoms with E-state index in [0.29, 0.717) is 16.4 Å². The lowest BCUT2D eigenvalue weighted by Gasteiger charge is -2.15. The molecule has 0 spiro atoms. The lowest BCUT2D eigenvalue weighted by atomic mass is 10.1. The Morgan fingerprint density at radius 2 is 1.40 bits per heavy atom. The highest BCUT2D eigenvalue weighted by molar-refractivity contribution is 7.19. The predicted molar refractivity (Wildman–Crippen MR) is 163 cm³/mol. The van der Waals surface area contributed by atoms with Crippen molar-refractivity contribution < 1.29 is 18.8 Å². The molecule has 0 atom stereocenters. The molecule has 1 aliphatic heterocycles. The van der Waals surface area contributed by atoms with Crippen LogP contribution in [0.5, 0.6) is 0 Å². The van der Waals surface area contributed by atoms with Gasteiger partial charge in [-0.15, -0.1) is 0 Å². The third-order valence-electron chi connectivity index (χ3n) is 6.46. The summed E-state index contributed by atoms with van der Waals surface area (Å²) >= 11 is 7.57. The van der Waals surface area contributed by atoms with Gasteiger partial charge in [-0.3, -0.25) is 19.7 Å². The summed E-state index contributed by atoms with van der Waals surface area (Å²) in [6.45, 7) is 0. The van der Waals surface area contributed by atoms with Crippen LogP contribution in [0.15, 0.2) is 120 Å². The number of halogens is 2. The zero-order valence-electron chi connectivity index (χ0n) is 21.7. The molecule has 42 heavy (non-hydrogen) atoms. The number of carbonyl (C=O) groups excluding carboxylic acids is 3. The van der Waals surface area contributed by atoms with Gasteiger partial charge in [-0.25, -0.2) is 14.3 Å². The summed E-state index contributed by atoms with van der Waals surface area (Å²) in [5.74, 6) is -2.26. The maximum atomic E-state index is 13.3. The van der Waals surface area contributed by atoms with Crippen LogP contribution in [0.4, 0.5) is 20.9 Å². The molecule has 6 rings (SSSR count). The summed E-state index contributed by atoms with van der Waals surface area (Å²) in [4.78, 5) is 45.3. The van der Waals surface area contributed by atoms with Crippen LogP contribution in [-0.2, 0) is 9.59 Å². The Hall–Kier alpha value is -5.12. The van der Waals surface area contributed by atoms with E-state index >= 15 is 0 Å². The van der Waals surface area contributed by atoms with Crippen LogP contribution in [0, 0.1) is 5.82 Å². The molecule has 4 aromatic carbocycles. The molecular formula is C32H20ClFN4O3S. The zero-order valence-corrected chi connectivity index (χ0v) is 23.2. The smallest absolute Gasteiger partial charge is 0.283 e. The van der Waals surface area contributed by atoms with Crippen molar-refractivity contribution in [1.29, 1.82) is 0 Å². The van der Waals surface area contributed by atoms with Gasteiger partial charge in [-0.1, -0.05) is 83.6 Å². The van der Waals surface area contributed by atoms with Crippen LogP contribution in [0.2, 0.25) is 0 Å². The van der Waals surface area contributed by atoms with E-state index in [1.54, 1.807) is 24.3 Å². The van der Waals surface area contributed by atoms with E-state index in [-0.39, 0.29) is 22.3 Å². The fourth-order valence-corrected chi connectivity index (χ4v) is 5.61. The number of thiazole rings is 1. The first-order valence-corrected chi connectivity index (χ1v) is 13.9. The topological polar surface area (TPSA) is 91.4 Å². The molecule has 0 unspecified atom stereocenters. The average Bonchev–Trinajstić information content (AvgIpc) is 3.53. The summed E-state index contributed by atoms with van der Waals surface area (Å²) in [5.41, 5.74) is 3.59. The first-order valence-electron chi connectivity index (χ1n) is 12.7. The molecule has 3 amide bonds. The number of nitrogens with one attached hydrogen (secondary N) is 2. The molecule has 0 bridgehead atoms. The Morgan fingerprint density at radius 1 is 0.786 bits per heavy atom. The molecule has 0 fully saturated rings. The molecule has 0 aliphatic carbocycles. The van der Waals surface area contributed by atoms with Crippen LogP contribution in [0.3, 0.4) is 0 Å². The number of carbonyl (C=O) groups is 3. The summed E-state index contributed by atoms with van der Waals surface area (Å²) in [6, 6.07) is 30.9. The highest BCUT2D eigenvalue weighted by Gasteiger charge is 2.39. The molecule has 7 nitrogen and oxygen atoms in total. The van der Waals surface area contributed by atoms with Crippen molar-refractivity contribution >= 4 is 57.2 Å². The van der Waals surface area contributed by atoms with Crippen molar-refractivity contribution in [3.05, 3.63) is 131 Å². The number of imide groups is 1. The van der Waals surface area contributed by atoms with Gasteiger partial charge in [0, 0.05) is 16.8 Å². The Bertz CT molecular complexity index is 1780. The SMILES string of the molecule is O=C(Nc1nc(-c2ccccc2)c(-c2ccccc2)s1)c1ccc(NC2=C(Cl)C(=O)N(c3ccc(F)cc3)C2=O)cc1. The molecule has 206 valence electrons. The monoisotopic (exact) mass is 594 g/mol.